The number of Topliss-reactive ketones (excluding diaryl/α,β-unsaturated/α-hetero) is 1. The van der Waals surface area contributed by atoms with Gasteiger partial charge in [0.05, 0.1) is 12.9 Å². The molecule has 0 heterocycles. The molecule has 5 nitrogen and oxygen atoms in total. The van der Waals surface area contributed by atoms with Crippen LogP contribution in [0.25, 0.3) is 0 Å². The molecule has 28 heavy (non-hydrogen) atoms. The van der Waals surface area contributed by atoms with Gasteiger partial charge in [-0.15, -0.1) is 6.42 Å². The van der Waals surface area contributed by atoms with Crippen molar-refractivity contribution in [3.8, 4) is 12.3 Å². The van der Waals surface area contributed by atoms with Gasteiger partial charge in [-0.2, -0.15) is 9.59 Å². The zero-order valence-electron chi connectivity index (χ0n) is 19.0. The maximum absolute atomic E-state index is 12.8. The first-order chi connectivity index (χ1) is 12.3. The highest BCUT2D eigenvalue weighted by atomic mass is 32.2. The van der Waals surface area contributed by atoms with Gasteiger partial charge in [-0.1, -0.05) is 47.5 Å². The van der Waals surface area contributed by atoms with E-state index in [-0.39, 0.29) is 54.4 Å². The first kappa shape index (κ1) is 31.6. The fourth-order valence-electron chi connectivity index (χ4n) is 2.73. The molecule has 0 bridgehead atoms. The fraction of sp³-hybridized carbons (Fsp3) is 0.773. The molecule has 2 unspecified atom stereocenters. The van der Waals surface area contributed by atoms with Gasteiger partial charge < -0.3 is 17.3 Å². The maximum Gasteiger partial charge on any atom is 0.373 e. The van der Waals surface area contributed by atoms with Crippen LogP contribution >= 0.6 is 0 Å². The summed E-state index contributed by atoms with van der Waals surface area (Å²) in [4.78, 5) is 29.0. The molecule has 0 aliphatic heterocycles. The summed E-state index contributed by atoms with van der Waals surface area (Å²) in [5.74, 6) is 4.51. The van der Waals surface area contributed by atoms with Crippen LogP contribution in [0, 0.1) is 36.5 Å². The fourth-order valence-corrected chi connectivity index (χ4v) is 4.34. The van der Waals surface area contributed by atoms with E-state index in [4.69, 9.17) is 20.7 Å². The summed E-state index contributed by atoms with van der Waals surface area (Å²) in [6.07, 6.45) is 8.85. The van der Waals surface area contributed by atoms with E-state index in [1.807, 2.05) is 20.8 Å². The molecule has 6 heteroatoms. The number of carbonyl (C=O) groups excluding carboxylic acids is 3. The summed E-state index contributed by atoms with van der Waals surface area (Å²) in [6, 6.07) is 0. The molecule has 0 aromatic rings. The Labute approximate surface area is 175 Å². The SMILES string of the molecule is C#CCOCC(O)C[S+](C)CC[C@H](CC(C)(C)C)C(=O)C(C)(C)C.O=C=O.[CH3-]. The molecule has 0 aromatic carbocycles. The van der Waals surface area contributed by atoms with E-state index in [1.165, 1.54) is 0 Å². The number of aliphatic hydroxyl groups is 1. The highest BCUT2D eigenvalue weighted by Gasteiger charge is 2.33. The standard InChI is InChI=1S/C20H37O3S.CO2.CH3/c1-9-11-23-14-17(21)15-24(8)12-10-16(13-19(2,3)4)18(22)20(5,6)7;2-1-3;/h1,16-17,21H,10-15H2,2-8H3;;1H3/q+1;;-1/t16-,17?,24?;;/m1../s1. The van der Waals surface area contributed by atoms with Gasteiger partial charge in [-0.25, -0.2) is 0 Å². The van der Waals surface area contributed by atoms with E-state index in [0.29, 0.717) is 11.5 Å². The van der Waals surface area contributed by atoms with Gasteiger partial charge >= 0.3 is 6.15 Å². The van der Waals surface area contributed by atoms with Crippen LogP contribution in [0.3, 0.4) is 0 Å². The lowest BCUT2D eigenvalue weighted by atomic mass is 9.75. The van der Waals surface area contributed by atoms with Crippen molar-refractivity contribution in [1.29, 1.82) is 0 Å². The predicted molar refractivity (Wildman–Crippen MR) is 117 cm³/mol. The van der Waals surface area contributed by atoms with Gasteiger partial charge in [0.15, 0.2) is 0 Å². The third kappa shape index (κ3) is 18.3. The highest BCUT2D eigenvalue weighted by molar-refractivity contribution is 7.96. The maximum atomic E-state index is 12.8. The lowest BCUT2D eigenvalue weighted by molar-refractivity contribution is -0.191. The summed E-state index contributed by atoms with van der Waals surface area (Å²) in [5, 5.41) is 9.98. The second-order valence-corrected chi connectivity index (χ2v) is 11.3. The van der Waals surface area contributed by atoms with Gasteiger partial charge in [0, 0.05) is 17.8 Å². The topological polar surface area (TPSA) is 80.7 Å². The minimum Gasteiger partial charge on any atom is -0.386 e. The van der Waals surface area contributed by atoms with E-state index in [1.54, 1.807) is 0 Å². The summed E-state index contributed by atoms with van der Waals surface area (Å²) in [6.45, 7) is 13.1. The van der Waals surface area contributed by atoms with E-state index in [2.05, 4.69) is 32.9 Å². The summed E-state index contributed by atoms with van der Waals surface area (Å²) in [7, 11) is 0.0683. The van der Waals surface area contributed by atoms with Crippen molar-refractivity contribution in [2.24, 2.45) is 16.7 Å². The zero-order valence-corrected chi connectivity index (χ0v) is 19.8. The predicted octanol–water partition coefficient (Wildman–Crippen LogP) is 3.17. The van der Waals surface area contributed by atoms with Crippen LogP contribution in [0.15, 0.2) is 0 Å². The Bertz CT molecular complexity index is 491. The molecule has 0 amide bonds. The summed E-state index contributed by atoms with van der Waals surface area (Å²) in [5.41, 5.74) is -0.161. The molecule has 0 aromatic heterocycles. The molecule has 0 radical (unpaired) electrons. The molecule has 164 valence electrons. The number of aliphatic hydroxyl groups excluding tert-OH is 1. The zero-order chi connectivity index (χ0) is 21.7. The van der Waals surface area contributed by atoms with E-state index < -0.39 is 6.10 Å². The van der Waals surface area contributed by atoms with Gasteiger partial charge in [-0.3, -0.25) is 4.79 Å². The van der Waals surface area contributed by atoms with E-state index in [0.717, 1.165) is 18.6 Å². The Morgan fingerprint density at radius 2 is 1.68 bits per heavy atom. The molecule has 0 spiro atoms. The van der Waals surface area contributed by atoms with Gasteiger partial charge in [0.2, 0.25) is 0 Å². The van der Waals surface area contributed by atoms with Gasteiger partial charge in [0.25, 0.3) is 0 Å². The van der Waals surface area contributed by atoms with Crippen LogP contribution in [-0.2, 0) is 30.0 Å². The van der Waals surface area contributed by atoms with Crippen LogP contribution in [0.2, 0.25) is 0 Å². The Kier molecular flexibility index (Phi) is 17.8. The third-order valence-electron chi connectivity index (χ3n) is 3.76. The van der Waals surface area contributed by atoms with Crippen LogP contribution in [0.4, 0.5) is 0 Å². The number of terminal acetylenes is 1. The molecule has 0 fully saturated rings. The number of hydrogen-bond donors (Lipinski definition) is 1. The molecule has 0 aliphatic rings. The quantitative estimate of drug-likeness (QED) is 0.256. The lowest BCUT2D eigenvalue weighted by Gasteiger charge is -2.29. The van der Waals surface area contributed by atoms with Crippen molar-refractivity contribution >= 4 is 22.8 Å². The summed E-state index contributed by atoms with van der Waals surface area (Å²) < 4.78 is 5.18. The van der Waals surface area contributed by atoms with Gasteiger partial charge in [-0.05, 0) is 22.7 Å². The molecule has 0 saturated heterocycles. The van der Waals surface area contributed by atoms with Gasteiger partial charge in [0.1, 0.15) is 30.0 Å². The normalized spacial score (nSPS) is 14.2. The molecule has 0 saturated carbocycles. The first-order valence-corrected chi connectivity index (χ1v) is 11.1. The Morgan fingerprint density at radius 3 is 2.07 bits per heavy atom. The lowest BCUT2D eigenvalue weighted by Crippen LogP contribution is -2.33. The van der Waals surface area contributed by atoms with Crippen LogP contribution < -0.4 is 0 Å². The molecule has 3 atom stereocenters. The Morgan fingerprint density at radius 1 is 1.18 bits per heavy atom. The number of hydrogen-bond acceptors (Lipinski definition) is 5. The van der Waals surface area contributed by atoms with E-state index in [9.17, 15) is 9.90 Å². The number of rotatable bonds is 10. The Hall–Kier alpha value is -1.12. The molecular weight excluding hydrogens is 376 g/mol. The van der Waals surface area contributed by atoms with E-state index >= 15 is 0 Å². The van der Waals surface area contributed by atoms with Crippen molar-refractivity contribution in [3.05, 3.63) is 7.43 Å². The van der Waals surface area contributed by atoms with Crippen LogP contribution in [-0.4, -0.2) is 54.1 Å². The van der Waals surface area contributed by atoms with Crippen molar-refractivity contribution in [2.75, 3.05) is 31.0 Å². The Balaban J connectivity index is -0.00000146. The minimum atomic E-state index is -0.480. The monoisotopic (exact) mass is 416 g/mol. The largest absolute Gasteiger partial charge is 0.386 e. The molecule has 0 aliphatic carbocycles. The van der Waals surface area contributed by atoms with Crippen molar-refractivity contribution < 1.29 is 24.2 Å². The first-order valence-electron chi connectivity index (χ1n) is 9.10. The smallest absolute Gasteiger partial charge is 0.373 e. The van der Waals surface area contributed by atoms with Crippen LogP contribution in [0.5, 0.6) is 0 Å². The average Bonchev–Trinajstić information content (AvgIpc) is 2.49. The average molecular weight is 417 g/mol. The number of ketones is 1. The number of carbonyl (C=O) groups is 1. The van der Waals surface area contributed by atoms with Crippen molar-refractivity contribution in [2.45, 2.75) is 60.5 Å². The second kappa shape index (κ2) is 15.8. The highest BCUT2D eigenvalue weighted by Crippen LogP contribution is 2.32. The molecular formula is C22H40O5S. The third-order valence-corrected chi connectivity index (χ3v) is 5.64. The van der Waals surface area contributed by atoms with Crippen molar-refractivity contribution in [3.63, 3.8) is 0 Å². The second-order valence-electron chi connectivity index (χ2n) is 8.97. The van der Waals surface area contributed by atoms with Crippen molar-refractivity contribution in [1.82, 2.24) is 0 Å². The molecule has 1 N–H and O–H groups in total. The van der Waals surface area contributed by atoms with Crippen LogP contribution in [0.1, 0.15) is 54.4 Å². The molecule has 0 rings (SSSR count). The minimum absolute atomic E-state index is 0. The number of ether oxygens (including phenoxy) is 1. The summed E-state index contributed by atoms with van der Waals surface area (Å²) >= 11 is 0.